The number of carbonyl (C=O) groups excluding carboxylic acids is 2. The van der Waals surface area contributed by atoms with Crippen molar-refractivity contribution >= 4 is 17.5 Å². The van der Waals surface area contributed by atoms with Gasteiger partial charge in [-0.05, 0) is 30.5 Å². The molecule has 0 aliphatic carbocycles. The number of carbonyl (C=O) groups is 2. The minimum absolute atomic E-state index is 0.0439. The zero-order valence-corrected chi connectivity index (χ0v) is 15.0. The van der Waals surface area contributed by atoms with Gasteiger partial charge in [-0.1, -0.05) is 55.5 Å². The molecule has 2 aromatic carbocycles. The number of hydrogen-bond donors (Lipinski definition) is 2. The van der Waals surface area contributed by atoms with Crippen molar-refractivity contribution < 1.29 is 9.59 Å². The molecule has 0 bridgehead atoms. The summed E-state index contributed by atoms with van der Waals surface area (Å²) in [6.45, 7) is 2.59. The molecular weight excluding hydrogens is 326 g/mol. The molecule has 0 aromatic heterocycles. The number of anilines is 1. The van der Waals surface area contributed by atoms with E-state index < -0.39 is 0 Å². The number of nitrogens with one attached hydrogen (secondary N) is 2. The molecule has 136 valence electrons. The normalized spacial score (nSPS) is 19.5. The van der Waals surface area contributed by atoms with Crippen LogP contribution in [0.1, 0.15) is 31.7 Å². The van der Waals surface area contributed by atoms with E-state index in [1.54, 1.807) is 0 Å². The summed E-state index contributed by atoms with van der Waals surface area (Å²) < 4.78 is 0. The Hall–Kier alpha value is -2.82. The first-order chi connectivity index (χ1) is 12.7. The molecule has 1 aliphatic rings. The molecule has 1 fully saturated rings. The van der Waals surface area contributed by atoms with E-state index in [0.29, 0.717) is 13.0 Å². The van der Waals surface area contributed by atoms with Crippen LogP contribution in [-0.4, -0.2) is 17.9 Å². The number of rotatable bonds is 6. The fourth-order valence-electron chi connectivity index (χ4n) is 3.26. The Labute approximate surface area is 154 Å². The topological polar surface area (TPSA) is 61.4 Å². The van der Waals surface area contributed by atoms with Crippen molar-refractivity contribution in [3.63, 3.8) is 0 Å². The summed E-state index contributed by atoms with van der Waals surface area (Å²) in [4.78, 5) is 24.7. The molecule has 26 heavy (non-hydrogen) atoms. The highest BCUT2D eigenvalue weighted by Crippen LogP contribution is 2.21. The van der Waals surface area contributed by atoms with Gasteiger partial charge in [0.2, 0.25) is 11.8 Å². The summed E-state index contributed by atoms with van der Waals surface area (Å²) >= 11 is 0. The van der Waals surface area contributed by atoms with Crippen LogP contribution in [0.25, 0.3) is 0 Å². The molecule has 0 unspecified atom stereocenters. The third kappa shape index (κ3) is 4.63. The average molecular weight is 351 g/mol. The Morgan fingerprint density at radius 2 is 1.77 bits per heavy atom. The van der Waals surface area contributed by atoms with Crippen LogP contribution in [0.2, 0.25) is 0 Å². The maximum Gasteiger partial charge on any atom is 0.242 e. The molecule has 2 aromatic rings. The first kappa shape index (κ1) is 18.0. The van der Waals surface area contributed by atoms with Crippen molar-refractivity contribution in [2.75, 3.05) is 5.01 Å². The smallest absolute Gasteiger partial charge is 0.242 e. The van der Waals surface area contributed by atoms with Crippen LogP contribution in [0.3, 0.4) is 0 Å². The zero-order chi connectivity index (χ0) is 18.4. The summed E-state index contributed by atoms with van der Waals surface area (Å²) in [7, 11) is 0. The number of benzene rings is 2. The van der Waals surface area contributed by atoms with Crippen LogP contribution >= 0.6 is 0 Å². The second kappa shape index (κ2) is 8.52. The molecule has 2 amide bonds. The molecular formula is C21H25N3O2. The predicted octanol–water partition coefficient (Wildman–Crippen LogP) is 3.03. The Morgan fingerprint density at radius 3 is 2.42 bits per heavy atom. The zero-order valence-electron chi connectivity index (χ0n) is 15.0. The van der Waals surface area contributed by atoms with Crippen LogP contribution < -0.4 is 15.8 Å². The van der Waals surface area contributed by atoms with Crippen LogP contribution in [0.4, 0.5) is 5.69 Å². The van der Waals surface area contributed by atoms with E-state index in [2.05, 4.69) is 10.7 Å². The molecule has 2 N–H and O–H groups in total. The molecule has 2 atom stereocenters. The maximum absolute atomic E-state index is 12.8. The summed E-state index contributed by atoms with van der Waals surface area (Å²) in [5.74, 6) is -0.439. The molecule has 5 heteroatoms. The predicted molar refractivity (Wildman–Crippen MR) is 102 cm³/mol. The molecule has 5 nitrogen and oxygen atoms in total. The van der Waals surface area contributed by atoms with Gasteiger partial charge >= 0.3 is 0 Å². The highest BCUT2D eigenvalue weighted by molar-refractivity contribution is 5.87. The molecule has 0 saturated carbocycles. The first-order valence-electron chi connectivity index (χ1n) is 9.12. The lowest BCUT2D eigenvalue weighted by molar-refractivity contribution is -0.133. The van der Waals surface area contributed by atoms with E-state index in [4.69, 9.17) is 0 Å². The van der Waals surface area contributed by atoms with Crippen molar-refractivity contribution in [1.82, 2.24) is 10.7 Å². The van der Waals surface area contributed by atoms with Gasteiger partial charge in [0.25, 0.3) is 0 Å². The minimum Gasteiger partial charge on any atom is -0.353 e. The average Bonchev–Trinajstić information content (AvgIpc) is 2.68. The van der Waals surface area contributed by atoms with Gasteiger partial charge in [-0.3, -0.25) is 20.0 Å². The van der Waals surface area contributed by atoms with Gasteiger partial charge in [-0.15, -0.1) is 0 Å². The largest absolute Gasteiger partial charge is 0.353 e. The van der Waals surface area contributed by atoms with Gasteiger partial charge < -0.3 is 5.32 Å². The fourth-order valence-corrected chi connectivity index (χ4v) is 3.26. The fraction of sp³-hybridized carbons (Fsp3) is 0.333. The number of piperidine rings is 1. The van der Waals surface area contributed by atoms with Gasteiger partial charge in [0.1, 0.15) is 0 Å². The summed E-state index contributed by atoms with van der Waals surface area (Å²) in [5, 5.41) is 4.80. The number of hydrazine groups is 1. The SMILES string of the molecule is CC[C@H]1C[C@H](C(=O)NN(Cc2ccccc2)c2ccccc2)CC(=O)N1. The highest BCUT2D eigenvalue weighted by Gasteiger charge is 2.31. The van der Waals surface area contributed by atoms with Crippen LogP contribution in [0.15, 0.2) is 60.7 Å². The molecule has 1 heterocycles. The van der Waals surface area contributed by atoms with Crippen LogP contribution in [0.5, 0.6) is 0 Å². The maximum atomic E-state index is 12.8. The number of hydrogen-bond acceptors (Lipinski definition) is 3. The Balaban J connectivity index is 1.74. The summed E-state index contributed by atoms with van der Waals surface area (Å²) in [5.41, 5.74) is 5.05. The van der Waals surface area contributed by atoms with E-state index in [1.807, 2.05) is 72.6 Å². The lowest BCUT2D eigenvalue weighted by atomic mass is 9.90. The van der Waals surface area contributed by atoms with E-state index in [9.17, 15) is 9.59 Å². The number of nitrogens with zero attached hydrogens (tertiary/aromatic N) is 1. The van der Waals surface area contributed by atoms with Gasteiger partial charge in [0.15, 0.2) is 0 Å². The number of para-hydroxylation sites is 1. The lowest BCUT2D eigenvalue weighted by Crippen LogP contribution is -2.50. The highest BCUT2D eigenvalue weighted by atomic mass is 16.2. The molecule has 1 saturated heterocycles. The van der Waals surface area contributed by atoms with E-state index >= 15 is 0 Å². The quantitative estimate of drug-likeness (QED) is 0.787. The van der Waals surface area contributed by atoms with Crippen molar-refractivity contribution in [3.8, 4) is 0 Å². The monoisotopic (exact) mass is 351 g/mol. The van der Waals surface area contributed by atoms with E-state index in [-0.39, 0.29) is 30.2 Å². The van der Waals surface area contributed by atoms with Gasteiger partial charge in [-0.2, -0.15) is 0 Å². The second-order valence-electron chi connectivity index (χ2n) is 6.69. The van der Waals surface area contributed by atoms with Crippen LogP contribution in [0, 0.1) is 5.92 Å². The molecule has 0 radical (unpaired) electrons. The molecule has 0 spiro atoms. The van der Waals surface area contributed by atoms with E-state index in [1.165, 1.54) is 0 Å². The van der Waals surface area contributed by atoms with Gasteiger partial charge in [-0.25, -0.2) is 0 Å². The van der Waals surface area contributed by atoms with Gasteiger partial charge in [0, 0.05) is 12.5 Å². The molecule has 1 aliphatic heterocycles. The van der Waals surface area contributed by atoms with Crippen molar-refractivity contribution in [1.29, 1.82) is 0 Å². The molecule has 3 rings (SSSR count). The van der Waals surface area contributed by atoms with E-state index in [0.717, 1.165) is 17.7 Å². The van der Waals surface area contributed by atoms with Crippen molar-refractivity contribution in [2.24, 2.45) is 5.92 Å². The second-order valence-corrected chi connectivity index (χ2v) is 6.69. The lowest BCUT2D eigenvalue weighted by Gasteiger charge is -2.32. The number of amides is 2. The van der Waals surface area contributed by atoms with Gasteiger partial charge in [0.05, 0.1) is 18.2 Å². The van der Waals surface area contributed by atoms with Crippen LogP contribution in [-0.2, 0) is 16.1 Å². The standard InChI is InChI=1S/C21H25N3O2/c1-2-18-13-17(14-20(25)22-18)21(26)23-24(19-11-7-4-8-12-19)15-16-9-5-3-6-10-16/h3-12,17-18H,2,13-15H2,1H3,(H,22,25)(H,23,26)/t17-,18-/m0/s1. The summed E-state index contributed by atoms with van der Waals surface area (Å²) in [6, 6.07) is 19.8. The Kier molecular flexibility index (Phi) is 5.89. The third-order valence-corrected chi connectivity index (χ3v) is 4.73. The van der Waals surface area contributed by atoms with Crippen molar-refractivity contribution in [2.45, 2.75) is 38.8 Å². The third-order valence-electron chi connectivity index (χ3n) is 4.73. The van der Waals surface area contributed by atoms with Crippen molar-refractivity contribution in [3.05, 3.63) is 66.2 Å². The Morgan fingerprint density at radius 1 is 1.12 bits per heavy atom. The Bertz CT molecular complexity index is 733. The first-order valence-corrected chi connectivity index (χ1v) is 9.12. The minimum atomic E-state index is -0.296. The summed E-state index contributed by atoms with van der Waals surface area (Å²) in [6.07, 6.45) is 1.76.